The van der Waals surface area contributed by atoms with Gasteiger partial charge in [-0.2, -0.15) is 0 Å². The Hall–Kier alpha value is -1.56. The molecule has 0 atom stereocenters. The highest BCUT2D eigenvalue weighted by Crippen LogP contribution is 2.33. The number of nitrogens with one attached hydrogen (secondary N) is 1. The normalized spacial score (nSPS) is 10.3. The van der Waals surface area contributed by atoms with Crippen LogP contribution in [0.15, 0.2) is 24.3 Å². The third-order valence-electron chi connectivity index (χ3n) is 2.65. The lowest BCUT2D eigenvalue weighted by Gasteiger charge is -2.19. The van der Waals surface area contributed by atoms with Gasteiger partial charge in [-0.1, -0.05) is 40.9 Å². The van der Waals surface area contributed by atoms with E-state index in [4.69, 9.17) is 34.8 Å². The second-order valence-electron chi connectivity index (χ2n) is 4.36. The molecule has 0 aliphatic rings. The lowest BCUT2D eigenvalue weighted by atomic mass is 10.2. The SMILES string of the molecule is CN(C)c1c(Cl)cccc1NC(=O)c1cc(Cl)nnc1Cl. The predicted molar refractivity (Wildman–Crippen MR) is 85.8 cm³/mol. The predicted octanol–water partition coefficient (Wildman–Crippen LogP) is 3.76. The Balaban J connectivity index is 2.36. The van der Waals surface area contributed by atoms with Crippen molar-refractivity contribution in [2.24, 2.45) is 0 Å². The van der Waals surface area contributed by atoms with Crippen molar-refractivity contribution in [2.45, 2.75) is 0 Å². The summed E-state index contributed by atoms with van der Waals surface area (Å²) in [6.45, 7) is 0. The molecule has 5 nitrogen and oxygen atoms in total. The first-order chi connectivity index (χ1) is 9.90. The molecule has 0 saturated heterocycles. The summed E-state index contributed by atoms with van der Waals surface area (Å²) in [5.41, 5.74) is 1.39. The molecule has 0 aliphatic heterocycles. The number of nitrogens with zero attached hydrogens (tertiary/aromatic N) is 3. The van der Waals surface area contributed by atoms with Gasteiger partial charge in [0.25, 0.3) is 5.91 Å². The zero-order valence-corrected chi connectivity index (χ0v) is 13.5. The fraction of sp³-hybridized carbons (Fsp3) is 0.154. The minimum atomic E-state index is -0.442. The summed E-state index contributed by atoms with van der Waals surface area (Å²) in [6.07, 6.45) is 0. The summed E-state index contributed by atoms with van der Waals surface area (Å²) in [4.78, 5) is 14.1. The van der Waals surface area contributed by atoms with Gasteiger partial charge in [0.05, 0.1) is 22.0 Å². The van der Waals surface area contributed by atoms with Gasteiger partial charge in [0.2, 0.25) is 0 Å². The maximum Gasteiger partial charge on any atom is 0.259 e. The number of hydrogen-bond acceptors (Lipinski definition) is 4. The number of carbonyl (C=O) groups excluding carboxylic acids is 1. The Bertz CT molecular complexity index is 691. The van der Waals surface area contributed by atoms with Gasteiger partial charge in [-0.05, 0) is 18.2 Å². The molecule has 0 radical (unpaired) electrons. The lowest BCUT2D eigenvalue weighted by molar-refractivity contribution is 0.102. The number of benzene rings is 1. The molecule has 2 rings (SSSR count). The quantitative estimate of drug-likeness (QED) is 0.920. The van der Waals surface area contributed by atoms with Crippen molar-refractivity contribution < 1.29 is 4.79 Å². The molecule has 0 unspecified atom stereocenters. The highest BCUT2D eigenvalue weighted by Gasteiger charge is 2.16. The molecule has 21 heavy (non-hydrogen) atoms. The molecule has 110 valence electrons. The average Bonchev–Trinajstić information content (AvgIpc) is 2.41. The first kappa shape index (κ1) is 15.8. The maximum absolute atomic E-state index is 12.3. The largest absolute Gasteiger partial charge is 0.375 e. The Morgan fingerprint density at radius 1 is 1.19 bits per heavy atom. The molecule has 8 heteroatoms. The van der Waals surface area contributed by atoms with Gasteiger partial charge in [-0.3, -0.25) is 4.79 Å². The van der Waals surface area contributed by atoms with Crippen molar-refractivity contribution in [3.05, 3.63) is 45.2 Å². The molecule has 1 aromatic heterocycles. The second-order valence-corrected chi connectivity index (χ2v) is 5.51. The van der Waals surface area contributed by atoms with Crippen LogP contribution in [0.1, 0.15) is 10.4 Å². The first-order valence-corrected chi connectivity index (χ1v) is 6.99. The van der Waals surface area contributed by atoms with Gasteiger partial charge in [0.1, 0.15) is 0 Å². The Labute approximate surface area is 136 Å². The molecule has 1 N–H and O–H groups in total. The fourth-order valence-corrected chi connectivity index (χ4v) is 2.44. The van der Waals surface area contributed by atoms with E-state index in [1.165, 1.54) is 6.07 Å². The summed E-state index contributed by atoms with van der Waals surface area (Å²) in [7, 11) is 3.66. The minimum absolute atomic E-state index is 0.0228. The van der Waals surface area contributed by atoms with Gasteiger partial charge < -0.3 is 10.2 Å². The molecule has 0 spiro atoms. The zero-order chi connectivity index (χ0) is 15.6. The van der Waals surface area contributed by atoms with Crippen molar-refractivity contribution in [3.63, 3.8) is 0 Å². The standard InChI is InChI=1S/C13H11Cl3N4O/c1-20(2)11-8(14)4-3-5-9(11)17-13(21)7-6-10(15)18-19-12(7)16/h3-6H,1-2H3,(H,17,21). The number of rotatable bonds is 3. The molecule has 1 aromatic carbocycles. The molecule has 0 bridgehead atoms. The van der Waals surface area contributed by atoms with Gasteiger partial charge in [0.15, 0.2) is 10.3 Å². The van der Waals surface area contributed by atoms with E-state index in [0.29, 0.717) is 16.4 Å². The molecule has 0 aliphatic carbocycles. The molecular weight excluding hydrogens is 335 g/mol. The van der Waals surface area contributed by atoms with Gasteiger partial charge in [-0.25, -0.2) is 0 Å². The summed E-state index contributed by atoms with van der Waals surface area (Å²) in [6, 6.07) is 6.57. The van der Waals surface area contributed by atoms with Gasteiger partial charge in [0, 0.05) is 14.1 Å². The molecule has 0 saturated carbocycles. The van der Waals surface area contributed by atoms with Crippen LogP contribution >= 0.6 is 34.8 Å². The topological polar surface area (TPSA) is 58.1 Å². The number of para-hydroxylation sites is 1. The summed E-state index contributed by atoms with van der Waals surface area (Å²) in [5, 5.41) is 10.5. The Kier molecular flexibility index (Phi) is 4.88. The Morgan fingerprint density at radius 3 is 2.57 bits per heavy atom. The van der Waals surface area contributed by atoms with Crippen LogP contribution in [0.5, 0.6) is 0 Å². The van der Waals surface area contributed by atoms with Crippen LogP contribution in [-0.2, 0) is 0 Å². The molecular formula is C13H11Cl3N4O. The summed E-state index contributed by atoms with van der Waals surface area (Å²) >= 11 is 17.7. The van der Waals surface area contributed by atoms with E-state index in [9.17, 15) is 4.79 Å². The average molecular weight is 346 g/mol. The van der Waals surface area contributed by atoms with E-state index in [0.717, 1.165) is 0 Å². The van der Waals surface area contributed by atoms with Crippen LogP contribution in [0.25, 0.3) is 0 Å². The van der Waals surface area contributed by atoms with Gasteiger partial charge in [-0.15, -0.1) is 10.2 Å². The Morgan fingerprint density at radius 2 is 1.90 bits per heavy atom. The van der Waals surface area contributed by atoms with E-state index in [-0.39, 0.29) is 15.9 Å². The number of hydrogen-bond donors (Lipinski definition) is 1. The van der Waals surface area contributed by atoms with Crippen molar-refractivity contribution in [1.82, 2.24) is 10.2 Å². The summed E-state index contributed by atoms with van der Waals surface area (Å²) in [5.74, 6) is -0.442. The van der Waals surface area contributed by atoms with Crippen LogP contribution in [0.4, 0.5) is 11.4 Å². The maximum atomic E-state index is 12.3. The molecule has 2 aromatic rings. The minimum Gasteiger partial charge on any atom is -0.375 e. The number of carbonyl (C=O) groups is 1. The van der Waals surface area contributed by atoms with Crippen molar-refractivity contribution in [3.8, 4) is 0 Å². The van der Waals surface area contributed by atoms with Crippen molar-refractivity contribution >= 4 is 52.1 Å². The fourth-order valence-electron chi connectivity index (χ4n) is 1.77. The number of aromatic nitrogens is 2. The van der Waals surface area contributed by atoms with E-state index >= 15 is 0 Å². The zero-order valence-electron chi connectivity index (χ0n) is 11.2. The van der Waals surface area contributed by atoms with Crippen LogP contribution in [0.2, 0.25) is 15.3 Å². The number of halogens is 3. The van der Waals surface area contributed by atoms with Crippen molar-refractivity contribution in [1.29, 1.82) is 0 Å². The van der Waals surface area contributed by atoms with Crippen LogP contribution < -0.4 is 10.2 Å². The van der Waals surface area contributed by atoms with E-state index in [1.54, 1.807) is 23.1 Å². The smallest absolute Gasteiger partial charge is 0.259 e. The van der Waals surface area contributed by atoms with Crippen molar-refractivity contribution in [2.75, 3.05) is 24.3 Å². The second kappa shape index (κ2) is 6.47. The van der Waals surface area contributed by atoms with Crippen LogP contribution in [-0.4, -0.2) is 30.2 Å². The van der Waals surface area contributed by atoms with Crippen LogP contribution in [0, 0.1) is 0 Å². The molecule has 0 fully saturated rings. The highest BCUT2D eigenvalue weighted by molar-refractivity contribution is 6.35. The molecule has 1 amide bonds. The number of amides is 1. The third kappa shape index (κ3) is 3.56. The van der Waals surface area contributed by atoms with E-state index in [1.807, 2.05) is 14.1 Å². The first-order valence-electron chi connectivity index (χ1n) is 5.86. The van der Waals surface area contributed by atoms with E-state index in [2.05, 4.69) is 15.5 Å². The lowest BCUT2D eigenvalue weighted by Crippen LogP contribution is -2.17. The van der Waals surface area contributed by atoms with Crippen LogP contribution in [0.3, 0.4) is 0 Å². The summed E-state index contributed by atoms with van der Waals surface area (Å²) < 4.78 is 0. The van der Waals surface area contributed by atoms with Gasteiger partial charge >= 0.3 is 0 Å². The highest BCUT2D eigenvalue weighted by atomic mass is 35.5. The third-order valence-corrected chi connectivity index (χ3v) is 3.41. The monoisotopic (exact) mass is 344 g/mol. The number of anilines is 2. The van der Waals surface area contributed by atoms with E-state index < -0.39 is 5.91 Å². The molecule has 1 heterocycles.